The van der Waals surface area contributed by atoms with Crippen LogP contribution >= 0.6 is 11.3 Å². The number of urea groups is 1. The standard InChI is InChI=1S/C24H29N3OS.C3H8.C3H6.2C2H6/c1-24(2,14-21-13-18-9-6-7-11-22(18)29-21)26-23(28)25-15-20-12-17-8-4-5-10-19(17)16-27(20)3;2*1-3-2;2*1-2/h4-11,13,20H,12,14-16H2,1-3H3,(H2,25,26,28);3H2,1-2H3;3H,1H2,2H3;2*1-2H3. The highest BCUT2D eigenvalue weighted by molar-refractivity contribution is 7.19. The fourth-order valence-corrected chi connectivity index (χ4v) is 5.40. The third-order valence-electron chi connectivity index (χ3n) is 5.66. The molecule has 0 aliphatic carbocycles. The number of hydrogen-bond donors (Lipinski definition) is 2. The molecular weight excluding hydrogens is 498 g/mol. The van der Waals surface area contributed by atoms with Crippen molar-refractivity contribution in [2.45, 2.75) is 99.7 Å². The van der Waals surface area contributed by atoms with Crippen molar-refractivity contribution in [3.8, 4) is 0 Å². The maximum absolute atomic E-state index is 12.6. The Kier molecular flexibility index (Phi) is 18.9. The van der Waals surface area contributed by atoms with Gasteiger partial charge in [0, 0.05) is 40.7 Å². The molecule has 218 valence electrons. The molecule has 39 heavy (non-hydrogen) atoms. The summed E-state index contributed by atoms with van der Waals surface area (Å²) in [7, 11) is 2.13. The maximum atomic E-state index is 12.6. The number of rotatable bonds is 5. The lowest BCUT2D eigenvalue weighted by molar-refractivity contribution is 0.200. The van der Waals surface area contributed by atoms with E-state index in [0.29, 0.717) is 12.6 Å². The molecule has 1 aliphatic rings. The Morgan fingerprint density at radius 3 is 2.18 bits per heavy atom. The Hall–Kier alpha value is -2.63. The van der Waals surface area contributed by atoms with E-state index in [1.807, 2.05) is 34.6 Å². The van der Waals surface area contributed by atoms with Gasteiger partial charge in [-0.05, 0) is 62.9 Å². The minimum atomic E-state index is -0.309. The summed E-state index contributed by atoms with van der Waals surface area (Å²) in [6.07, 6.45) is 4.79. The second kappa shape index (κ2) is 20.3. The second-order valence-corrected chi connectivity index (χ2v) is 11.0. The van der Waals surface area contributed by atoms with Crippen molar-refractivity contribution in [2.24, 2.45) is 0 Å². The molecule has 2 aromatic carbocycles. The number of likely N-dealkylation sites (N-methyl/N-ethyl adjacent to an activating group) is 1. The zero-order valence-electron chi connectivity index (χ0n) is 26.4. The molecule has 3 aromatic rings. The van der Waals surface area contributed by atoms with Crippen LogP contribution in [0.15, 0.2) is 67.3 Å². The molecule has 2 heterocycles. The van der Waals surface area contributed by atoms with Crippen LogP contribution in [0.2, 0.25) is 0 Å². The molecule has 1 atom stereocenters. The van der Waals surface area contributed by atoms with E-state index in [2.05, 4.69) is 111 Å². The molecule has 0 radical (unpaired) electrons. The van der Waals surface area contributed by atoms with Crippen LogP contribution < -0.4 is 10.6 Å². The van der Waals surface area contributed by atoms with Gasteiger partial charge >= 0.3 is 6.03 Å². The van der Waals surface area contributed by atoms with Gasteiger partial charge in [-0.1, -0.05) is 96.5 Å². The van der Waals surface area contributed by atoms with Crippen LogP contribution in [0.1, 0.15) is 84.7 Å². The number of benzene rings is 2. The Morgan fingerprint density at radius 2 is 1.59 bits per heavy atom. The van der Waals surface area contributed by atoms with Crippen LogP contribution in [0, 0.1) is 0 Å². The first-order chi connectivity index (χ1) is 18.7. The SMILES string of the molecule is C=CC.CC.CC.CCC.CN1Cc2ccccc2CC1CNC(=O)NC(C)(C)Cc1cc2ccccc2s1. The van der Waals surface area contributed by atoms with Crippen molar-refractivity contribution in [3.63, 3.8) is 0 Å². The van der Waals surface area contributed by atoms with E-state index in [9.17, 15) is 4.79 Å². The van der Waals surface area contributed by atoms with Gasteiger partial charge in [0.15, 0.2) is 0 Å². The van der Waals surface area contributed by atoms with E-state index in [4.69, 9.17) is 0 Å². The number of nitrogens with zero attached hydrogens (tertiary/aromatic N) is 1. The zero-order chi connectivity index (χ0) is 29.8. The molecule has 0 bridgehead atoms. The molecule has 2 N–H and O–H groups in total. The highest BCUT2D eigenvalue weighted by atomic mass is 32.1. The molecule has 0 saturated heterocycles. The van der Waals surface area contributed by atoms with E-state index >= 15 is 0 Å². The van der Waals surface area contributed by atoms with Crippen molar-refractivity contribution >= 4 is 27.5 Å². The van der Waals surface area contributed by atoms with Gasteiger partial charge in [0.25, 0.3) is 0 Å². The summed E-state index contributed by atoms with van der Waals surface area (Å²) >= 11 is 1.80. The molecule has 4 nitrogen and oxygen atoms in total. The van der Waals surface area contributed by atoms with E-state index in [1.165, 1.54) is 32.5 Å². The van der Waals surface area contributed by atoms with Gasteiger partial charge in [-0.2, -0.15) is 0 Å². The molecule has 4 rings (SSSR count). The summed E-state index contributed by atoms with van der Waals surface area (Å²) in [5.74, 6) is 0. The van der Waals surface area contributed by atoms with Crippen molar-refractivity contribution in [1.29, 1.82) is 0 Å². The lowest BCUT2D eigenvalue weighted by Gasteiger charge is -2.34. The number of hydrogen-bond acceptors (Lipinski definition) is 3. The molecular formula is C34H55N3OS. The highest BCUT2D eigenvalue weighted by Crippen LogP contribution is 2.28. The number of fused-ring (bicyclic) bond motifs is 2. The Morgan fingerprint density at radius 1 is 1.05 bits per heavy atom. The van der Waals surface area contributed by atoms with E-state index in [-0.39, 0.29) is 11.6 Å². The second-order valence-electron chi connectivity index (χ2n) is 9.80. The first kappa shape index (κ1) is 36.4. The van der Waals surface area contributed by atoms with E-state index < -0.39 is 0 Å². The zero-order valence-corrected chi connectivity index (χ0v) is 27.2. The molecule has 1 unspecified atom stereocenters. The van der Waals surface area contributed by atoms with Gasteiger partial charge in [0.1, 0.15) is 0 Å². The van der Waals surface area contributed by atoms with Crippen molar-refractivity contribution < 1.29 is 4.79 Å². The Labute approximate surface area is 243 Å². The molecule has 1 aromatic heterocycles. The van der Waals surface area contributed by atoms with Crippen molar-refractivity contribution in [1.82, 2.24) is 15.5 Å². The fourth-order valence-electron chi connectivity index (χ4n) is 4.11. The molecule has 1 aliphatic heterocycles. The van der Waals surface area contributed by atoms with Gasteiger partial charge in [0.2, 0.25) is 0 Å². The van der Waals surface area contributed by atoms with Gasteiger partial charge in [-0.25, -0.2) is 4.79 Å². The number of allylic oxidation sites excluding steroid dienone is 1. The van der Waals surface area contributed by atoms with Crippen LogP contribution in [-0.4, -0.2) is 36.1 Å². The highest BCUT2D eigenvalue weighted by Gasteiger charge is 2.25. The van der Waals surface area contributed by atoms with Crippen LogP contribution in [-0.2, 0) is 19.4 Å². The normalized spacial score (nSPS) is 13.8. The Bertz CT molecular complexity index is 1040. The molecule has 5 heteroatoms. The van der Waals surface area contributed by atoms with Gasteiger partial charge in [0.05, 0.1) is 0 Å². The summed E-state index contributed by atoms with van der Waals surface area (Å²) in [4.78, 5) is 16.2. The average Bonchev–Trinajstić information content (AvgIpc) is 3.32. The van der Waals surface area contributed by atoms with Gasteiger partial charge in [-0.3, -0.25) is 4.90 Å². The van der Waals surface area contributed by atoms with Crippen LogP contribution in [0.5, 0.6) is 0 Å². The number of carbonyl (C=O) groups excluding carboxylic acids is 1. The lowest BCUT2D eigenvalue weighted by atomic mass is 9.94. The summed E-state index contributed by atoms with van der Waals surface area (Å²) in [6, 6.07) is 19.5. The molecule has 0 spiro atoms. The van der Waals surface area contributed by atoms with E-state index in [1.54, 1.807) is 17.4 Å². The van der Waals surface area contributed by atoms with Gasteiger partial charge in [-0.15, -0.1) is 17.9 Å². The maximum Gasteiger partial charge on any atom is 0.315 e. The Balaban J connectivity index is 0.00000128. The third-order valence-corrected chi connectivity index (χ3v) is 6.78. The summed E-state index contributed by atoms with van der Waals surface area (Å²) < 4.78 is 1.29. The molecule has 2 amide bonds. The number of nitrogens with one attached hydrogen (secondary N) is 2. The smallest absolute Gasteiger partial charge is 0.315 e. The largest absolute Gasteiger partial charge is 0.337 e. The minimum Gasteiger partial charge on any atom is -0.337 e. The average molecular weight is 554 g/mol. The first-order valence-electron chi connectivity index (χ1n) is 14.6. The first-order valence-corrected chi connectivity index (χ1v) is 15.4. The van der Waals surface area contributed by atoms with E-state index in [0.717, 1.165) is 19.4 Å². The topological polar surface area (TPSA) is 44.4 Å². The number of amides is 2. The summed E-state index contributed by atoms with van der Waals surface area (Å²) in [5, 5.41) is 7.53. The van der Waals surface area contributed by atoms with Crippen LogP contribution in [0.25, 0.3) is 10.1 Å². The predicted molar refractivity (Wildman–Crippen MR) is 176 cm³/mol. The summed E-state index contributed by atoms with van der Waals surface area (Å²) in [6.45, 7) is 23.2. The molecule has 0 saturated carbocycles. The quantitative estimate of drug-likeness (QED) is 0.309. The van der Waals surface area contributed by atoms with Crippen molar-refractivity contribution in [2.75, 3.05) is 13.6 Å². The van der Waals surface area contributed by atoms with Crippen molar-refractivity contribution in [3.05, 3.63) is 83.3 Å². The van der Waals surface area contributed by atoms with Crippen LogP contribution in [0.4, 0.5) is 4.79 Å². The third kappa shape index (κ3) is 13.3. The number of carbonyl (C=O) groups is 1. The van der Waals surface area contributed by atoms with Crippen LogP contribution in [0.3, 0.4) is 0 Å². The monoisotopic (exact) mass is 553 g/mol. The fraction of sp³-hybridized carbons (Fsp3) is 0.500. The van der Waals surface area contributed by atoms with Gasteiger partial charge < -0.3 is 10.6 Å². The summed E-state index contributed by atoms with van der Waals surface area (Å²) in [5.41, 5.74) is 2.47. The number of thiophene rings is 1. The lowest BCUT2D eigenvalue weighted by Crippen LogP contribution is -2.53. The molecule has 0 fully saturated rings. The minimum absolute atomic E-state index is 0.0941. The predicted octanol–water partition coefficient (Wildman–Crippen LogP) is 9.24.